The Kier molecular flexibility index (Phi) is 3.74. The Morgan fingerprint density at radius 1 is 1.35 bits per heavy atom. The van der Waals surface area contributed by atoms with E-state index in [2.05, 4.69) is 21.7 Å². The van der Waals surface area contributed by atoms with Gasteiger partial charge in [0.15, 0.2) is 6.29 Å². The zero-order valence-corrected chi connectivity index (χ0v) is 10.5. The monoisotopic (exact) mass is 233 g/mol. The van der Waals surface area contributed by atoms with E-state index >= 15 is 0 Å². The van der Waals surface area contributed by atoms with Crippen LogP contribution in [0.15, 0.2) is 12.3 Å². The van der Waals surface area contributed by atoms with Crippen LogP contribution in [-0.2, 0) is 0 Å². The first-order valence-electron chi connectivity index (χ1n) is 6.13. The number of aromatic nitrogens is 1. The lowest BCUT2D eigenvalue weighted by atomic mass is 10.1. The first-order valence-corrected chi connectivity index (χ1v) is 6.13. The molecule has 2 rings (SSSR count). The minimum absolute atomic E-state index is 0.681. The van der Waals surface area contributed by atoms with Crippen LogP contribution >= 0.6 is 0 Å². The second-order valence-corrected chi connectivity index (χ2v) is 4.44. The largest absolute Gasteiger partial charge is 0.354 e. The number of hydrogen-bond acceptors (Lipinski definition) is 4. The van der Waals surface area contributed by atoms with Crippen LogP contribution in [0.25, 0.3) is 0 Å². The molecule has 1 fully saturated rings. The van der Waals surface area contributed by atoms with Gasteiger partial charge in [-0.1, -0.05) is 6.92 Å². The van der Waals surface area contributed by atoms with E-state index in [1.807, 2.05) is 13.0 Å². The fourth-order valence-electron chi connectivity index (χ4n) is 2.14. The van der Waals surface area contributed by atoms with E-state index in [4.69, 9.17) is 0 Å². The van der Waals surface area contributed by atoms with Gasteiger partial charge in [0.2, 0.25) is 0 Å². The number of nitrogens with zero attached hydrogens (tertiary/aromatic N) is 3. The molecule has 1 aliphatic rings. The average molecular weight is 233 g/mol. The van der Waals surface area contributed by atoms with Crippen molar-refractivity contribution in [3.8, 4) is 0 Å². The summed E-state index contributed by atoms with van der Waals surface area (Å²) in [5, 5.41) is 0. The molecular weight excluding hydrogens is 214 g/mol. The quantitative estimate of drug-likeness (QED) is 0.738. The fraction of sp³-hybridized carbons (Fsp3) is 0.538. The van der Waals surface area contributed by atoms with Crippen LogP contribution in [0.5, 0.6) is 0 Å². The Morgan fingerprint density at radius 2 is 2.06 bits per heavy atom. The Balaban J connectivity index is 2.08. The number of carbonyl (C=O) groups is 1. The van der Waals surface area contributed by atoms with Crippen molar-refractivity contribution in [1.82, 2.24) is 9.88 Å². The van der Waals surface area contributed by atoms with Crippen molar-refractivity contribution >= 4 is 12.1 Å². The molecule has 92 valence electrons. The number of carbonyl (C=O) groups excluding carboxylic acids is 1. The lowest BCUT2D eigenvalue weighted by Crippen LogP contribution is -2.46. The molecule has 1 saturated heterocycles. The first kappa shape index (κ1) is 12.0. The summed E-state index contributed by atoms with van der Waals surface area (Å²) in [4.78, 5) is 19.8. The summed E-state index contributed by atoms with van der Waals surface area (Å²) in [5.41, 5.74) is 1.68. The number of hydrogen-bond donors (Lipinski definition) is 0. The van der Waals surface area contributed by atoms with Crippen molar-refractivity contribution in [1.29, 1.82) is 0 Å². The van der Waals surface area contributed by atoms with Gasteiger partial charge in [-0.3, -0.25) is 4.79 Å². The van der Waals surface area contributed by atoms with Gasteiger partial charge in [0.25, 0.3) is 0 Å². The zero-order chi connectivity index (χ0) is 12.3. The molecule has 0 N–H and O–H groups in total. The molecule has 0 radical (unpaired) electrons. The second-order valence-electron chi connectivity index (χ2n) is 4.44. The highest BCUT2D eigenvalue weighted by atomic mass is 16.1. The smallest absolute Gasteiger partial charge is 0.151 e. The maximum absolute atomic E-state index is 10.7. The van der Waals surface area contributed by atoms with Gasteiger partial charge in [-0.25, -0.2) is 4.98 Å². The van der Waals surface area contributed by atoms with E-state index in [0.717, 1.165) is 50.4 Å². The lowest BCUT2D eigenvalue weighted by Gasteiger charge is -2.34. The Morgan fingerprint density at radius 3 is 2.59 bits per heavy atom. The minimum Gasteiger partial charge on any atom is -0.354 e. The number of anilines is 1. The van der Waals surface area contributed by atoms with E-state index in [0.29, 0.717) is 5.56 Å². The van der Waals surface area contributed by atoms with Crippen LogP contribution in [0, 0.1) is 6.92 Å². The summed E-state index contributed by atoms with van der Waals surface area (Å²) < 4.78 is 0. The van der Waals surface area contributed by atoms with Crippen molar-refractivity contribution in [2.24, 2.45) is 0 Å². The molecule has 0 aliphatic carbocycles. The molecule has 1 aliphatic heterocycles. The van der Waals surface area contributed by atoms with Crippen LogP contribution in [-0.4, -0.2) is 48.9 Å². The van der Waals surface area contributed by atoms with Crippen molar-refractivity contribution < 1.29 is 4.79 Å². The SMILES string of the molecule is CCN1CCN(c2cc(C)c(C=O)cn2)CC1. The maximum atomic E-state index is 10.7. The van der Waals surface area contributed by atoms with Crippen molar-refractivity contribution in [2.75, 3.05) is 37.6 Å². The number of rotatable bonds is 3. The summed E-state index contributed by atoms with van der Waals surface area (Å²) >= 11 is 0. The summed E-state index contributed by atoms with van der Waals surface area (Å²) in [6, 6.07) is 2.01. The number of likely N-dealkylation sites (N-methyl/N-ethyl adjacent to an activating group) is 1. The lowest BCUT2D eigenvalue weighted by molar-refractivity contribution is 0.112. The van der Waals surface area contributed by atoms with E-state index in [1.54, 1.807) is 6.20 Å². The van der Waals surface area contributed by atoms with Gasteiger partial charge < -0.3 is 9.80 Å². The highest BCUT2D eigenvalue weighted by molar-refractivity contribution is 5.77. The number of aldehydes is 1. The Labute approximate surface area is 102 Å². The molecule has 0 aromatic carbocycles. The summed E-state index contributed by atoms with van der Waals surface area (Å²) in [5.74, 6) is 0.990. The topological polar surface area (TPSA) is 36.4 Å². The van der Waals surface area contributed by atoms with Gasteiger partial charge in [-0.15, -0.1) is 0 Å². The minimum atomic E-state index is 0.681. The third-order valence-corrected chi connectivity index (χ3v) is 3.41. The predicted octanol–water partition coefficient (Wildman–Crippen LogP) is 1.34. The number of piperazine rings is 1. The van der Waals surface area contributed by atoms with Gasteiger partial charge >= 0.3 is 0 Å². The molecule has 1 aromatic rings. The van der Waals surface area contributed by atoms with E-state index < -0.39 is 0 Å². The highest BCUT2D eigenvalue weighted by Gasteiger charge is 2.16. The van der Waals surface area contributed by atoms with E-state index in [9.17, 15) is 4.79 Å². The standard InChI is InChI=1S/C13H19N3O/c1-3-15-4-6-16(7-5-15)13-8-11(2)12(10-17)9-14-13/h8-10H,3-7H2,1-2H3. The van der Waals surface area contributed by atoms with Crippen LogP contribution in [0.4, 0.5) is 5.82 Å². The molecule has 0 spiro atoms. The maximum Gasteiger partial charge on any atom is 0.151 e. The second kappa shape index (κ2) is 5.27. The van der Waals surface area contributed by atoms with E-state index in [-0.39, 0.29) is 0 Å². The Hall–Kier alpha value is -1.42. The number of pyridine rings is 1. The molecule has 4 nitrogen and oxygen atoms in total. The highest BCUT2D eigenvalue weighted by Crippen LogP contribution is 2.16. The van der Waals surface area contributed by atoms with Crippen LogP contribution in [0.2, 0.25) is 0 Å². The molecule has 1 aromatic heterocycles. The predicted molar refractivity (Wildman–Crippen MR) is 68.7 cm³/mol. The Bertz CT molecular complexity index is 398. The van der Waals surface area contributed by atoms with Gasteiger partial charge in [0.1, 0.15) is 5.82 Å². The third-order valence-electron chi connectivity index (χ3n) is 3.41. The van der Waals surface area contributed by atoms with E-state index in [1.165, 1.54) is 0 Å². The van der Waals surface area contributed by atoms with Crippen LogP contribution in [0.1, 0.15) is 22.8 Å². The molecular formula is C13H19N3O. The summed E-state index contributed by atoms with van der Waals surface area (Å²) in [6.45, 7) is 9.47. The zero-order valence-electron chi connectivity index (χ0n) is 10.5. The summed E-state index contributed by atoms with van der Waals surface area (Å²) in [6.07, 6.45) is 2.53. The summed E-state index contributed by atoms with van der Waals surface area (Å²) in [7, 11) is 0. The molecule has 2 heterocycles. The third kappa shape index (κ3) is 2.64. The fourth-order valence-corrected chi connectivity index (χ4v) is 2.14. The molecule has 0 bridgehead atoms. The van der Waals surface area contributed by atoms with Gasteiger partial charge in [-0.05, 0) is 25.1 Å². The molecule has 4 heteroatoms. The van der Waals surface area contributed by atoms with Crippen LogP contribution in [0.3, 0.4) is 0 Å². The molecule has 0 unspecified atom stereocenters. The first-order chi connectivity index (χ1) is 8.24. The normalized spacial score (nSPS) is 17.2. The molecule has 0 amide bonds. The van der Waals surface area contributed by atoms with Crippen molar-refractivity contribution in [2.45, 2.75) is 13.8 Å². The molecule has 17 heavy (non-hydrogen) atoms. The number of aryl methyl sites for hydroxylation is 1. The van der Waals surface area contributed by atoms with Gasteiger partial charge in [-0.2, -0.15) is 0 Å². The van der Waals surface area contributed by atoms with Crippen molar-refractivity contribution in [3.05, 3.63) is 23.4 Å². The van der Waals surface area contributed by atoms with Crippen molar-refractivity contribution in [3.63, 3.8) is 0 Å². The average Bonchev–Trinajstić information content (AvgIpc) is 2.39. The molecule has 0 atom stereocenters. The van der Waals surface area contributed by atoms with Crippen LogP contribution < -0.4 is 4.90 Å². The van der Waals surface area contributed by atoms with Gasteiger partial charge in [0.05, 0.1) is 0 Å². The van der Waals surface area contributed by atoms with Gasteiger partial charge in [0, 0.05) is 37.9 Å². The molecule has 0 saturated carbocycles.